The molecule has 1 fully saturated rings. The molecule has 0 spiro atoms. The zero-order valence-electron chi connectivity index (χ0n) is 25.5. The van der Waals surface area contributed by atoms with Crippen LogP contribution in [0.4, 0.5) is 5.95 Å². The van der Waals surface area contributed by atoms with E-state index in [0.717, 1.165) is 16.1 Å². The number of benzene rings is 1. The normalized spacial score (nSPS) is 17.5. The van der Waals surface area contributed by atoms with Crippen molar-refractivity contribution in [2.45, 2.75) is 76.4 Å². The topological polar surface area (TPSA) is 122 Å². The maximum atomic E-state index is 14.5. The fourth-order valence-corrected chi connectivity index (χ4v) is 7.82. The predicted octanol–water partition coefficient (Wildman–Crippen LogP) is 5.50. The maximum Gasteiger partial charge on any atom is 0.241 e. The Bertz CT molecular complexity index is 1470. The fourth-order valence-electron chi connectivity index (χ4n) is 4.56. The molecule has 4 rings (SSSR count). The number of halogens is 1. The van der Waals surface area contributed by atoms with Crippen LogP contribution in [0, 0.1) is 0 Å². The monoisotopic (exact) mass is 680 g/mol. The maximum absolute atomic E-state index is 14.5. The summed E-state index contributed by atoms with van der Waals surface area (Å²) in [5, 5.41) is 8.24. The van der Waals surface area contributed by atoms with Crippen LogP contribution in [0.2, 0.25) is 25.7 Å². The van der Waals surface area contributed by atoms with Crippen molar-refractivity contribution >= 4 is 40.0 Å². The number of sulfonamides is 1. The Balaban J connectivity index is 1.83. The molecule has 1 aromatic carbocycles. The molecule has 14 heteroatoms. The van der Waals surface area contributed by atoms with Crippen LogP contribution in [0.15, 0.2) is 41.1 Å². The van der Waals surface area contributed by atoms with Crippen molar-refractivity contribution in [2.75, 3.05) is 31.2 Å². The zero-order valence-corrected chi connectivity index (χ0v) is 28.9. The third kappa shape index (κ3) is 7.21. The van der Waals surface area contributed by atoms with E-state index in [1.807, 2.05) is 49.6 Å². The van der Waals surface area contributed by atoms with Crippen molar-refractivity contribution in [1.82, 2.24) is 24.7 Å². The number of hydrogen-bond acceptors (Lipinski definition) is 9. The van der Waals surface area contributed by atoms with Crippen molar-refractivity contribution < 1.29 is 22.6 Å². The molecule has 0 N–H and O–H groups in total. The third-order valence-electron chi connectivity index (χ3n) is 7.46. The van der Waals surface area contributed by atoms with Crippen LogP contribution in [0.3, 0.4) is 0 Å². The van der Waals surface area contributed by atoms with Gasteiger partial charge in [0.1, 0.15) is 5.82 Å². The van der Waals surface area contributed by atoms with E-state index in [2.05, 4.69) is 55.7 Å². The van der Waals surface area contributed by atoms with E-state index in [0.29, 0.717) is 30.6 Å². The van der Waals surface area contributed by atoms with Crippen LogP contribution in [-0.4, -0.2) is 79.1 Å². The Morgan fingerprint density at radius 2 is 1.74 bits per heavy atom. The van der Waals surface area contributed by atoms with Gasteiger partial charge in [0.2, 0.25) is 16.0 Å². The van der Waals surface area contributed by atoms with E-state index in [1.54, 1.807) is 19.3 Å². The summed E-state index contributed by atoms with van der Waals surface area (Å²) in [6.07, 6.45) is 3.10. The van der Waals surface area contributed by atoms with Crippen molar-refractivity contribution in [1.29, 1.82) is 0 Å². The van der Waals surface area contributed by atoms with Gasteiger partial charge in [0.25, 0.3) is 0 Å². The van der Waals surface area contributed by atoms with Gasteiger partial charge in [-0.2, -0.15) is 0 Å². The number of nitrogens with zero attached hydrogens (tertiary/aromatic N) is 6. The highest BCUT2D eigenvalue weighted by Crippen LogP contribution is 2.37. The van der Waals surface area contributed by atoms with Gasteiger partial charge in [0, 0.05) is 30.6 Å². The molecule has 0 amide bonds. The van der Waals surface area contributed by atoms with Crippen LogP contribution in [-0.2, 0) is 19.5 Å². The first kappa shape index (κ1) is 32.5. The highest BCUT2D eigenvalue weighted by Gasteiger charge is 2.40. The lowest BCUT2D eigenvalue weighted by Crippen LogP contribution is -2.45. The largest absolute Gasteiger partial charge is 0.494 e. The predicted molar refractivity (Wildman–Crippen MR) is 169 cm³/mol. The second-order valence-electron chi connectivity index (χ2n) is 12.3. The third-order valence-corrected chi connectivity index (χ3v) is 12.2. The van der Waals surface area contributed by atoms with Gasteiger partial charge < -0.3 is 14.2 Å². The highest BCUT2D eigenvalue weighted by molar-refractivity contribution is 9.10. The standard InChI is InChI=1S/C28H41BrN6O5SSi/c1-19(25-30-15-22(38-5)16-31-25)20(2)41(36,37)34(13-14-42(6,7)8)27-33-32-26(23-11-9-10-12-24(23)29)35(27)21-17-39-28(3,4)40-18-21/h9-12,15-16,19-21H,13-14,17-18H2,1-8H3. The molecular formula is C28H41BrN6O5SSi. The molecule has 2 atom stereocenters. The average molecular weight is 682 g/mol. The molecule has 1 saturated heterocycles. The van der Waals surface area contributed by atoms with Gasteiger partial charge in [-0.25, -0.2) is 22.7 Å². The lowest BCUT2D eigenvalue weighted by atomic mass is 10.1. The molecular weight excluding hydrogens is 640 g/mol. The second kappa shape index (κ2) is 12.7. The summed E-state index contributed by atoms with van der Waals surface area (Å²) in [5.74, 6) is 0.447. The summed E-state index contributed by atoms with van der Waals surface area (Å²) < 4.78 is 50.4. The Hall–Kier alpha value is -2.39. The highest BCUT2D eigenvalue weighted by atomic mass is 79.9. The van der Waals surface area contributed by atoms with E-state index < -0.39 is 35.1 Å². The van der Waals surface area contributed by atoms with Gasteiger partial charge in [0.05, 0.1) is 44.0 Å². The summed E-state index contributed by atoms with van der Waals surface area (Å²) in [4.78, 5) is 8.75. The first-order valence-electron chi connectivity index (χ1n) is 14.0. The van der Waals surface area contributed by atoms with Crippen molar-refractivity contribution in [3.05, 3.63) is 47.0 Å². The Kier molecular flexibility index (Phi) is 9.82. The zero-order chi connectivity index (χ0) is 30.9. The number of methoxy groups -OCH3 is 1. The number of anilines is 1. The molecule has 0 aliphatic carbocycles. The Morgan fingerprint density at radius 1 is 1.12 bits per heavy atom. The van der Waals surface area contributed by atoms with Gasteiger partial charge in [-0.3, -0.25) is 4.57 Å². The van der Waals surface area contributed by atoms with E-state index in [9.17, 15) is 8.42 Å². The average Bonchev–Trinajstić information content (AvgIpc) is 3.36. The summed E-state index contributed by atoms with van der Waals surface area (Å²) in [5.41, 5.74) is 0.789. The summed E-state index contributed by atoms with van der Waals surface area (Å²) in [6, 6.07) is 8.05. The smallest absolute Gasteiger partial charge is 0.241 e. The van der Waals surface area contributed by atoms with E-state index >= 15 is 0 Å². The second-order valence-corrected chi connectivity index (χ2v) is 20.9. The lowest BCUT2D eigenvalue weighted by molar-refractivity contribution is -0.258. The molecule has 0 bridgehead atoms. The Labute approximate surface area is 258 Å². The van der Waals surface area contributed by atoms with Crippen molar-refractivity contribution in [3.63, 3.8) is 0 Å². The summed E-state index contributed by atoms with van der Waals surface area (Å²) in [7, 11) is -4.11. The molecule has 3 heterocycles. The minimum atomic E-state index is -3.97. The van der Waals surface area contributed by atoms with Crippen LogP contribution < -0.4 is 9.04 Å². The minimum Gasteiger partial charge on any atom is -0.494 e. The summed E-state index contributed by atoms with van der Waals surface area (Å²) in [6.45, 7) is 14.8. The summed E-state index contributed by atoms with van der Waals surface area (Å²) >= 11 is 3.64. The molecule has 2 unspecified atom stereocenters. The minimum absolute atomic E-state index is 0.241. The molecule has 0 saturated carbocycles. The molecule has 1 aliphatic rings. The first-order chi connectivity index (χ1) is 19.6. The molecule has 3 aromatic rings. The van der Waals surface area contributed by atoms with Crippen LogP contribution in [0.1, 0.15) is 45.5 Å². The van der Waals surface area contributed by atoms with E-state index in [1.165, 1.54) is 11.4 Å². The molecule has 2 aromatic heterocycles. The quantitative estimate of drug-likeness (QED) is 0.242. The lowest BCUT2D eigenvalue weighted by Gasteiger charge is -2.37. The van der Waals surface area contributed by atoms with Crippen LogP contribution in [0.5, 0.6) is 5.75 Å². The molecule has 1 aliphatic heterocycles. The van der Waals surface area contributed by atoms with Crippen molar-refractivity contribution in [3.8, 4) is 17.1 Å². The van der Waals surface area contributed by atoms with Gasteiger partial charge >= 0.3 is 0 Å². The van der Waals surface area contributed by atoms with Crippen molar-refractivity contribution in [2.24, 2.45) is 0 Å². The van der Waals surface area contributed by atoms with E-state index in [-0.39, 0.29) is 18.5 Å². The fraction of sp³-hybridized carbons (Fsp3) is 0.571. The number of ether oxygens (including phenoxy) is 3. The van der Waals surface area contributed by atoms with Gasteiger partial charge in [-0.05, 0) is 32.9 Å². The SMILES string of the molecule is COc1cnc(C(C)C(C)S(=O)(=O)N(CC[Si](C)(C)C)c2nnc(-c3ccccc3Br)n2C2COC(C)(C)OC2)nc1. The van der Waals surface area contributed by atoms with Gasteiger partial charge in [-0.15, -0.1) is 10.2 Å². The van der Waals surface area contributed by atoms with Crippen LogP contribution >= 0.6 is 15.9 Å². The number of aromatic nitrogens is 5. The van der Waals surface area contributed by atoms with Gasteiger partial charge in [-0.1, -0.05) is 60.7 Å². The van der Waals surface area contributed by atoms with Gasteiger partial charge in [0.15, 0.2) is 17.4 Å². The molecule has 11 nitrogen and oxygen atoms in total. The van der Waals surface area contributed by atoms with Crippen LogP contribution in [0.25, 0.3) is 11.4 Å². The van der Waals surface area contributed by atoms with E-state index in [4.69, 9.17) is 14.2 Å². The molecule has 42 heavy (non-hydrogen) atoms. The molecule has 230 valence electrons. The Morgan fingerprint density at radius 3 is 2.31 bits per heavy atom. The molecule has 0 radical (unpaired) electrons. The number of hydrogen-bond donors (Lipinski definition) is 0. The number of rotatable bonds is 11. The first-order valence-corrected chi connectivity index (χ1v) is 20.0.